The number of piperazine rings is 1. The van der Waals surface area contributed by atoms with E-state index in [0.717, 1.165) is 36.8 Å². The average Bonchev–Trinajstić information content (AvgIpc) is 3.76. The SMILES string of the molecule is COc1ccnc(-n2cc(Cc3cnc(C(=O)Nc4ccc(C(=O)N5CCN(C(=O)C6CCNCC6)CC5)c(Cl)c4)[nH]3)c(C(F)(F)F)n2)n1. The van der Waals surface area contributed by atoms with Crippen molar-refractivity contribution < 1.29 is 32.3 Å². The van der Waals surface area contributed by atoms with Crippen LogP contribution >= 0.6 is 11.6 Å². The first-order chi connectivity index (χ1) is 23.5. The number of aromatic amines is 1. The largest absolute Gasteiger partial charge is 0.481 e. The summed E-state index contributed by atoms with van der Waals surface area (Å²) < 4.78 is 47.5. The molecule has 2 fully saturated rings. The smallest absolute Gasteiger partial charge is 0.435 e. The van der Waals surface area contributed by atoms with Crippen molar-refractivity contribution in [2.75, 3.05) is 51.7 Å². The summed E-state index contributed by atoms with van der Waals surface area (Å²) in [6.07, 6.45) is 0.315. The number of nitrogens with one attached hydrogen (secondary N) is 3. The molecule has 4 aromatic rings. The van der Waals surface area contributed by atoms with E-state index in [1.165, 1.54) is 43.8 Å². The number of rotatable bonds is 8. The third-order valence-electron chi connectivity index (χ3n) is 8.34. The van der Waals surface area contributed by atoms with Gasteiger partial charge in [0.05, 0.1) is 17.7 Å². The van der Waals surface area contributed by atoms with Gasteiger partial charge in [-0.05, 0) is 44.1 Å². The molecule has 2 aliphatic rings. The monoisotopic (exact) mass is 700 g/mol. The number of aromatic nitrogens is 6. The van der Waals surface area contributed by atoms with Crippen LogP contribution in [0.2, 0.25) is 5.02 Å². The normalized spacial score (nSPS) is 15.7. The Bertz CT molecular complexity index is 1850. The van der Waals surface area contributed by atoms with Crippen molar-refractivity contribution in [3.05, 3.63) is 76.2 Å². The molecule has 0 aliphatic carbocycles. The van der Waals surface area contributed by atoms with Gasteiger partial charge in [-0.1, -0.05) is 11.6 Å². The van der Waals surface area contributed by atoms with E-state index in [-0.39, 0.29) is 69.3 Å². The lowest BCUT2D eigenvalue weighted by Crippen LogP contribution is -2.52. The number of ether oxygens (including phenoxy) is 1. The standard InChI is InChI=1S/C31H32ClF3N10O4/c1-49-24-6-9-37-30(41-24)45-17-19(25(42-45)31(33,34)35)14-21-16-38-26(39-21)27(46)40-20-2-3-22(23(32)15-20)29(48)44-12-10-43(11-13-44)28(47)18-4-7-36-8-5-18/h2-3,6,9,15-18,36H,4-5,7-8,10-14H2,1H3,(H,38,39)(H,40,46). The zero-order valence-electron chi connectivity index (χ0n) is 26.3. The maximum Gasteiger partial charge on any atom is 0.435 e. The third kappa shape index (κ3) is 7.67. The van der Waals surface area contributed by atoms with Gasteiger partial charge < -0.3 is 30.2 Å². The van der Waals surface area contributed by atoms with Crippen LogP contribution in [0.4, 0.5) is 18.9 Å². The van der Waals surface area contributed by atoms with E-state index in [0.29, 0.717) is 26.2 Å². The number of piperidine rings is 1. The topological polar surface area (TPSA) is 163 Å². The molecule has 14 nitrogen and oxygen atoms in total. The van der Waals surface area contributed by atoms with E-state index < -0.39 is 17.8 Å². The number of alkyl halides is 3. The molecule has 2 saturated heterocycles. The maximum absolute atomic E-state index is 13.8. The van der Waals surface area contributed by atoms with Gasteiger partial charge >= 0.3 is 6.18 Å². The first-order valence-corrected chi connectivity index (χ1v) is 15.8. The molecule has 6 rings (SSSR count). The summed E-state index contributed by atoms with van der Waals surface area (Å²) in [4.78, 5) is 57.3. The van der Waals surface area contributed by atoms with E-state index in [2.05, 4.69) is 35.7 Å². The van der Waals surface area contributed by atoms with E-state index in [4.69, 9.17) is 16.3 Å². The number of carbonyl (C=O) groups excluding carboxylic acids is 3. The molecule has 49 heavy (non-hydrogen) atoms. The fraction of sp³-hybridized carbons (Fsp3) is 0.387. The highest BCUT2D eigenvalue weighted by Crippen LogP contribution is 2.32. The van der Waals surface area contributed by atoms with Crippen LogP contribution in [0.3, 0.4) is 0 Å². The minimum Gasteiger partial charge on any atom is -0.481 e. The van der Waals surface area contributed by atoms with Crippen LogP contribution < -0.4 is 15.4 Å². The number of carbonyl (C=O) groups is 3. The summed E-state index contributed by atoms with van der Waals surface area (Å²) in [5.74, 6) is -0.925. The Labute approximate surface area is 283 Å². The molecule has 18 heteroatoms. The highest BCUT2D eigenvalue weighted by Gasteiger charge is 2.38. The number of amides is 3. The van der Waals surface area contributed by atoms with Gasteiger partial charge in [-0.15, -0.1) is 0 Å². The van der Waals surface area contributed by atoms with Crippen molar-refractivity contribution in [2.24, 2.45) is 5.92 Å². The number of imidazole rings is 1. The molecule has 1 aromatic carbocycles. The van der Waals surface area contributed by atoms with Crippen LogP contribution in [0.5, 0.6) is 5.88 Å². The predicted molar refractivity (Wildman–Crippen MR) is 170 cm³/mol. The molecule has 0 bridgehead atoms. The van der Waals surface area contributed by atoms with Gasteiger partial charge in [0.1, 0.15) is 0 Å². The highest BCUT2D eigenvalue weighted by molar-refractivity contribution is 6.34. The Morgan fingerprint density at radius 2 is 1.80 bits per heavy atom. The van der Waals surface area contributed by atoms with Crippen molar-refractivity contribution in [1.29, 1.82) is 0 Å². The first kappa shape index (κ1) is 33.9. The minimum absolute atomic E-state index is 0.0155. The number of hydrogen-bond acceptors (Lipinski definition) is 9. The third-order valence-corrected chi connectivity index (χ3v) is 8.65. The quantitative estimate of drug-likeness (QED) is 0.251. The lowest BCUT2D eigenvalue weighted by molar-refractivity contribution is -0.142. The number of halogens is 4. The number of nitrogens with zero attached hydrogens (tertiary/aromatic N) is 7. The fourth-order valence-electron chi connectivity index (χ4n) is 5.79. The summed E-state index contributed by atoms with van der Waals surface area (Å²) in [5.41, 5.74) is -0.592. The lowest BCUT2D eigenvalue weighted by atomic mass is 9.96. The van der Waals surface area contributed by atoms with Crippen LogP contribution in [0.1, 0.15) is 50.8 Å². The van der Waals surface area contributed by atoms with Crippen LogP contribution in [0, 0.1) is 5.92 Å². The van der Waals surface area contributed by atoms with Gasteiger partial charge in [0.2, 0.25) is 11.8 Å². The number of hydrogen-bond donors (Lipinski definition) is 3. The summed E-state index contributed by atoms with van der Waals surface area (Å²) in [7, 11) is 1.36. The van der Waals surface area contributed by atoms with Crippen molar-refractivity contribution in [3.63, 3.8) is 0 Å². The molecule has 0 radical (unpaired) electrons. The summed E-state index contributed by atoms with van der Waals surface area (Å²) in [6, 6.07) is 5.89. The second-order valence-corrected chi connectivity index (χ2v) is 12.0. The molecule has 0 spiro atoms. The van der Waals surface area contributed by atoms with E-state index in [9.17, 15) is 27.6 Å². The molecule has 2 aliphatic heterocycles. The molecule has 5 heterocycles. The summed E-state index contributed by atoms with van der Waals surface area (Å²) in [6.45, 7) is 3.31. The first-order valence-electron chi connectivity index (χ1n) is 15.5. The molecule has 3 N–H and O–H groups in total. The molecular formula is C31H32ClF3N10O4. The van der Waals surface area contributed by atoms with Crippen LogP contribution in [0.15, 0.2) is 42.9 Å². The summed E-state index contributed by atoms with van der Waals surface area (Å²) >= 11 is 6.45. The predicted octanol–water partition coefficient (Wildman–Crippen LogP) is 3.19. The number of methoxy groups -OCH3 is 1. The van der Waals surface area contributed by atoms with Gasteiger partial charge in [0, 0.05) is 80.1 Å². The highest BCUT2D eigenvalue weighted by atomic mass is 35.5. The Morgan fingerprint density at radius 1 is 1.06 bits per heavy atom. The van der Waals surface area contributed by atoms with Gasteiger partial charge in [-0.3, -0.25) is 14.4 Å². The van der Waals surface area contributed by atoms with Crippen LogP contribution in [-0.4, -0.2) is 104 Å². The van der Waals surface area contributed by atoms with Crippen LogP contribution in [0.25, 0.3) is 5.95 Å². The average molecular weight is 701 g/mol. The number of benzene rings is 1. The lowest BCUT2D eigenvalue weighted by Gasteiger charge is -2.37. The fourth-order valence-corrected chi connectivity index (χ4v) is 6.05. The van der Waals surface area contributed by atoms with E-state index >= 15 is 0 Å². The van der Waals surface area contributed by atoms with Gasteiger partial charge in [-0.25, -0.2) is 14.6 Å². The molecule has 258 valence electrons. The molecular weight excluding hydrogens is 669 g/mol. The Balaban J connectivity index is 1.07. The second kappa shape index (κ2) is 14.2. The van der Waals surface area contributed by atoms with Crippen molar-refractivity contribution in [2.45, 2.75) is 25.4 Å². The Morgan fingerprint density at radius 3 is 2.49 bits per heavy atom. The molecule has 0 atom stereocenters. The molecule has 3 aromatic heterocycles. The van der Waals surface area contributed by atoms with Gasteiger partial charge in [0.15, 0.2) is 11.5 Å². The number of H-pyrrole nitrogens is 1. The van der Waals surface area contributed by atoms with Crippen molar-refractivity contribution in [1.82, 2.24) is 44.8 Å². The molecule has 0 saturated carbocycles. The van der Waals surface area contributed by atoms with E-state index in [1.54, 1.807) is 4.90 Å². The van der Waals surface area contributed by atoms with Crippen molar-refractivity contribution >= 4 is 35.0 Å². The molecule has 3 amide bonds. The van der Waals surface area contributed by atoms with E-state index in [1.807, 2.05) is 4.90 Å². The minimum atomic E-state index is -4.77. The van der Waals surface area contributed by atoms with Crippen molar-refractivity contribution in [3.8, 4) is 11.8 Å². The zero-order chi connectivity index (χ0) is 34.7. The Kier molecular flexibility index (Phi) is 9.82. The molecule has 0 unspecified atom stereocenters. The summed E-state index contributed by atoms with van der Waals surface area (Å²) in [5, 5.41) is 9.65. The zero-order valence-corrected chi connectivity index (χ0v) is 27.0. The van der Waals surface area contributed by atoms with Gasteiger partial charge in [-0.2, -0.15) is 23.3 Å². The maximum atomic E-state index is 13.8. The van der Waals surface area contributed by atoms with Gasteiger partial charge in [0.25, 0.3) is 17.8 Å². The Hall–Kier alpha value is -5.03. The number of anilines is 1. The second-order valence-electron chi connectivity index (χ2n) is 11.6. The van der Waals surface area contributed by atoms with Crippen LogP contribution in [-0.2, 0) is 17.4 Å².